The summed E-state index contributed by atoms with van der Waals surface area (Å²) in [6, 6.07) is 0.0231. The van der Waals surface area contributed by atoms with Crippen molar-refractivity contribution < 1.29 is 4.79 Å². The average Bonchev–Trinajstić information content (AvgIpc) is 2.12. The van der Waals surface area contributed by atoms with Crippen molar-refractivity contribution in [2.45, 2.75) is 38.8 Å². The maximum atomic E-state index is 11.1. The van der Waals surface area contributed by atoms with Crippen LogP contribution in [0, 0.1) is 0 Å². The molecular weight excluding hydrogens is 140 g/mol. The summed E-state index contributed by atoms with van der Waals surface area (Å²) < 4.78 is 0. The molecule has 0 aromatic heterocycles. The van der Waals surface area contributed by atoms with Crippen molar-refractivity contribution in [1.82, 2.24) is 10.6 Å². The van der Waals surface area contributed by atoms with Crippen molar-refractivity contribution in [2.75, 3.05) is 6.54 Å². The molecule has 1 rings (SSSR count). The highest BCUT2D eigenvalue weighted by atomic mass is 16.2. The van der Waals surface area contributed by atoms with Gasteiger partial charge in [-0.15, -0.1) is 0 Å². The highest BCUT2D eigenvalue weighted by Crippen LogP contribution is 2.06. The Balaban J connectivity index is 2.43. The minimum absolute atomic E-state index is 0.0231. The van der Waals surface area contributed by atoms with Gasteiger partial charge in [-0.2, -0.15) is 0 Å². The molecule has 3 heteroatoms. The second-order valence-electron chi connectivity index (χ2n) is 4.03. The summed E-state index contributed by atoms with van der Waals surface area (Å²) in [4.78, 5) is 11.1. The Morgan fingerprint density at radius 2 is 2.18 bits per heavy atom. The minimum atomic E-state index is 0.0231. The van der Waals surface area contributed by atoms with E-state index in [0.717, 1.165) is 13.0 Å². The Bertz CT molecular complexity index is 160. The molecule has 0 aromatic rings. The van der Waals surface area contributed by atoms with Crippen molar-refractivity contribution in [3.8, 4) is 0 Å². The molecule has 0 aliphatic carbocycles. The topological polar surface area (TPSA) is 41.1 Å². The van der Waals surface area contributed by atoms with Gasteiger partial charge in [0.15, 0.2) is 0 Å². The molecule has 2 N–H and O–H groups in total. The van der Waals surface area contributed by atoms with E-state index in [-0.39, 0.29) is 17.5 Å². The monoisotopic (exact) mass is 156 g/mol. The highest BCUT2D eigenvalue weighted by molar-refractivity contribution is 5.83. The van der Waals surface area contributed by atoms with Gasteiger partial charge in [0.05, 0.1) is 6.04 Å². The molecule has 3 nitrogen and oxygen atoms in total. The molecule has 11 heavy (non-hydrogen) atoms. The first-order valence-corrected chi connectivity index (χ1v) is 4.04. The number of carbonyl (C=O) groups is 1. The molecular formula is C8H16N2O. The van der Waals surface area contributed by atoms with Crippen molar-refractivity contribution in [3.63, 3.8) is 0 Å². The molecule has 0 radical (unpaired) electrons. The third-order valence-electron chi connectivity index (χ3n) is 1.66. The van der Waals surface area contributed by atoms with Gasteiger partial charge in [0, 0.05) is 12.1 Å². The Morgan fingerprint density at radius 3 is 2.55 bits per heavy atom. The van der Waals surface area contributed by atoms with E-state index in [0.29, 0.717) is 0 Å². The van der Waals surface area contributed by atoms with Crippen molar-refractivity contribution in [1.29, 1.82) is 0 Å². The summed E-state index contributed by atoms with van der Waals surface area (Å²) in [6.07, 6.45) is 0.913. The van der Waals surface area contributed by atoms with Crippen LogP contribution in [0.4, 0.5) is 0 Å². The molecule has 1 fully saturated rings. The first-order chi connectivity index (χ1) is 4.99. The van der Waals surface area contributed by atoms with E-state index < -0.39 is 0 Å². The molecule has 1 aliphatic heterocycles. The summed E-state index contributed by atoms with van der Waals surface area (Å²) >= 11 is 0. The quantitative estimate of drug-likeness (QED) is 0.572. The fraction of sp³-hybridized carbons (Fsp3) is 0.875. The summed E-state index contributed by atoms with van der Waals surface area (Å²) in [5, 5.41) is 6.05. The maximum Gasteiger partial charge on any atom is 0.237 e. The second kappa shape index (κ2) is 2.81. The SMILES string of the molecule is CC(C)(C)N[C@@H]1CCNC1=O. The molecule has 0 spiro atoms. The maximum absolute atomic E-state index is 11.1. The lowest BCUT2D eigenvalue weighted by Gasteiger charge is -2.23. The van der Waals surface area contributed by atoms with Crippen LogP contribution in [0.5, 0.6) is 0 Å². The van der Waals surface area contributed by atoms with Crippen LogP contribution in [0.25, 0.3) is 0 Å². The molecule has 1 atom stereocenters. The van der Waals surface area contributed by atoms with Gasteiger partial charge >= 0.3 is 0 Å². The molecule has 1 saturated heterocycles. The predicted octanol–water partition coefficient (Wildman–Crippen LogP) is 0.263. The molecule has 0 unspecified atom stereocenters. The number of carbonyl (C=O) groups excluding carboxylic acids is 1. The van der Waals surface area contributed by atoms with Crippen LogP contribution in [0.15, 0.2) is 0 Å². The number of nitrogens with one attached hydrogen (secondary N) is 2. The first kappa shape index (κ1) is 8.53. The summed E-state index contributed by atoms with van der Waals surface area (Å²) in [6.45, 7) is 7.02. The van der Waals surface area contributed by atoms with Gasteiger partial charge in [-0.25, -0.2) is 0 Å². The second-order valence-corrected chi connectivity index (χ2v) is 4.03. The van der Waals surface area contributed by atoms with Gasteiger partial charge in [-0.3, -0.25) is 4.79 Å². The molecule has 0 bridgehead atoms. The predicted molar refractivity (Wildman–Crippen MR) is 44.3 cm³/mol. The number of amides is 1. The fourth-order valence-corrected chi connectivity index (χ4v) is 1.25. The normalized spacial score (nSPS) is 25.4. The molecule has 0 saturated carbocycles. The van der Waals surface area contributed by atoms with Crippen LogP contribution in [-0.2, 0) is 4.79 Å². The molecule has 1 aliphatic rings. The molecule has 1 heterocycles. The zero-order valence-corrected chi connectivity index (χ0v) is 7.40. The number of hydrogen-bond donors (Lipinski definition) is 2. The zero-order chi connectivity index (χ0) is 8.48. The molecule has 0 aromatic carbocycles. The Labute approximate surface area is 67.5 Å². The van der Waals surface area contributed by atoms with Gasteiger partial charge in [0.2, 0.25) is 5.91 Å². The zero-order valence-electron chi connectivity index (χ0n) is 7.40. The van der Waals surface area contributed by atoms with Crippen LogP contribution in [-0.4, -0.2) is 24.0 Å². The Hall–Kier alpha value is -0.570. The van der Waals surface area contributed by atoms with Crippen molar-refractivity contribution >= 4 is 5.91 Å². The van der Waals surface area contributed by atoms with Crippen LogP contribution in [0.1, 0.15) is 27.2 Å². The van der Waals surface area contributed by atoms with Gasteiger partial charge < -0.3 is 10.6 Å². The van der Waals surface area contributed by atoms with Crippen molar-refractivity contribution in [2.24, 2.45) is 0 Å². The van der Waals surface area contributed by atoms with E-state index in [1.54, 1.807) is 0 Å². The average molecular weight is 156 g/mol. The number of hydrogen-bond acceptors (Lipinski definition) is 2. The minimum Gasteiger partial charge on any atom is -0.355 e. The van der Waals surface area contributed by atoms with Crippen LogP contribution < -0.4 is 10.6 Å². The Kier molecular flexibility index (Phi) is 2.18. The summed E-state index contributed by atoms with van der Waals surface area (Å²) in [5.41, 5.74) is 0.0341. The van der Waals surface area contributed by atoms with Crippen LogP contribution in [0.2, 0.25) is 0 Å². The van der Waals surface area contributed by atoms with E-state index in [1.807, 2.05) is 0 Å². The highest BCUT2D eigenvalue weighted by Gasteiger charge is 2.27. The van der Waals surface area contributed by atoms with Gasteiger partial charge in [0.1, 0.15) is 0 Å². The van der Waals surface area contributed by atoms with Crippen LogP contribution in [0.3, 0.4) is 0 Å². The lowest BCUT2D eigenvalue weighted by atomic mass is 10.1. The fourth-order valence-electron chi connectivity index (χ4n) is 1.25. The van der Waals surface area contributed by atoms with E-state index in [9.17, 15) is 4.79 Å². The Morgan fingerprint density at radius 1 is 1.55 bits per heavy atom. The van der Waals surface area contributed by atoms with E-state index >= 15 is 0 Å². The van der Waals surface area contributed by atoms with E-state index in [1.165, 1.54) is 0 Å². The van der Waals surface area contributed by atoms with E-state index in [4.69, 9.17) is 0 Å². The smallest absolute Gasteiger partial charge is 0.237 e. The third-order valence-corrected chi connectivity index (χ3v) is 1.66. The van der Waals surface area contributed by atoms with Gasteiger partial charge in [-0.1, -0.05) is 0 Å². The van der Waals surface area contributed by atoms with Gasteiger partial charge in [0.25, 0.3) is 0 Å². The largest absolute Gasteiger partial charge is 0.355 e. The summed E-state index contributed by atoms with van der Waals surface area (Å²) in [5.74, 6) is 0.139. The van der Waals surface area contributed by atoms with Gasteiger partial charge in [-0.05, 0) is 27.2 Å². The number of rotatable bonds is 1. The molecule has 1 amide bonds. The van der Waals surface area contributed by atoms with E-state index in [2.05, 4.69) is 31.4 Å². The standard InChI is InChI=1S/C8H16N2O/c1-8(2,3)10-6-4-5-9-7(6)11/h6,10H,4-5H2,1-3H3,(H,9,11)/t6-/m1/s1. The van der Waals surface area contributed by atoms with Crippen LogP contribution >= 0.6 is 0 Å². The lowest BCUT2D eigenvalue weighted by Crippen LogP contribution is -2.47. The third kappa shape index (κ3) is 2.50. The van der Waals surface area contributed by atoms with Crippen molar-refractivity contribution in [3.05, 3.63) is 0 Å². The molecule has 64 valence electrons. The summed E-state index contributed by atoms with van der Waals surface area (Å²) in [7, 11) is 0. The lowest BCUT2D eigenvalue weighted by molar-refractivity contribution is -0.121. The first-order valence-electron chi connectivity index (χ1n) is 4.04.